The van der Waals surface area contributed by atoms with Crippen LogP contribution < -0.4 is 10.6 Å². The van der Waals surface area contributed by atoms with Gasteiger partial charge >= 0.3 is 6.09 Å². The van der Waals surface area contributed by atoms with Gasteiger partial charge in [-0.2, -0.15) is 0 Å². The summed E-state index contributed by atoms with van der Waals surface area (Å²) in [5.74, 6) is -0.514. The van der Waals surface area contributed by atoms with Gasteiger partial charge in [0.25, 0.3) is 0 Å². The van der Waals surface area contributed by atoms with Crippen LogP contribution >= 0.6 is 0 Å². The molecule has 10 heteroatoms. The van der Waals surface area contributed by atoms with Crippen LogP contribution in [0, 0.1) is 5.92 Å². The van der Waals surface area contributed by atoms with E-state index in [4.69, 9.17) is 4.74 Å². The lowest BCUT2D eigenvalue weighted by molar-refractivity contribution is -0.128. The highest BCUT2D eigenvalue weighted by molar-refractivity contribution is 5.90. The van der Waals surface area contributed by atoms with Crippen molar-refractivity contribution in [3.63, 3.8) is 0 Å². The van der Waals surface area contributed by atoms with E-state index in [1.807, 2.05) is 44.2 Å². The number of tetrazole rings is 1. The van der Waals surface area contributed by atoms with Crippen LogP contribution in [0.4, 0.5) is 4.79 Å². The largest absolute Gasteiger partial charge is 0.445 e. The Morgan fingerprint density at radius 2 is 1.93 bits per heavy atom. The van der Waals surface area contributed by atoms with Crippen LogP contribution in [-0.2, 0) is 27.5 Å². The highest BCUT2D eigenvalue weighted by Crippen LogP contribution is 2.07. The number of aromatic nitrogens is 4. The van der Waals surface area contributed by atoms with Crippen molar-refractivity contribution in [1.82, 2.24) is 30.8 Å². The normalized spacial score (nSPS) is 11.7. The molecular formula is C18H24N6O4. The van der Waals surface area contributed by atoms with Crippen LogP contribution in [0.2, 0.25) is 0 Å². The molecule has 0 bridgehead atoms. The van der Waals surface area contributed by atoms with E-state index >= 15 is 0 Å². The van der Waals surface area contributed by atoms with Crippen LogP contribution in [0.1, 0.15) is 25.8 Å². The van der Waals surface area contributed by atoms with E-state index in [2.05, 4.69) is 26.2 Å². The quantitative estimate of drug-likeness (QED) is 0.613. The molecule has 150 valence electrons. The zero-order valence-electron chi connectivity index (χ0n) is 15.9. The minimum absolute atomic E-state index is 0.0444. The van der Waals surface area contributed by atoms with Crippen molar-refractivity contribution >= 4 is 17.8 Å². The minimum Gasteiger partial charge on any atom is -0.445 e. The monoisotopic (exact) mass is 388 g/mol. The average molecular weight is 388 g/mol. The third kappa shape index (κ3) is 7.52. The first kappa shape index (κ1) is 21.0. The van der Waals surface area contributed by atoms with Crippen molar-refractivity contribution < 1.29 is 19.1 Å². The molecule has 10 nitrogen and oxygen atoms in total. The number of Topliss-reactive ketones (excluding diaryl/α,β-unsaturated/α-hetero) is 1. The maximum absolute atomic E-state index is 12.4. The first-order valence-electron chi connectivity index (χ1n) is 8.91. The Labute approximate surface area is 162 Å². The number of amides is 2. The zero-order chi connectivity index (χ0) is 20.4. The number of hydrogen-bond acceptors (Lipinski definition) is 7. The molecule has 0 fully saturated rings. The molecule has 1 atom stereocenters. The predicted octanol–water partition coefficient (Wildman–Crippen LogP) is 0.699. The summed E-state index contributed by atoms with van der Waals surface area (Å²) >= 11 is 0. The van der Waals surface area contributed by atoms with Crippen LogP contribution in [0.5, 0.6) is 0 Å². The second-order valence-corrected chi connectivity index (χ2v) is 6.64. The van der Waals surface area contributed by atoms with E-state index in [0.29, 0.717) is 6.42 Å². The summed E-state index contributed by atoms with van der Waals surface area (Å²) in [6, 6.07) is 8.50. The molecule has 0 aliphatic carbocycles. The molecule has 2 amide bonds. The van der Waals surface area contributed by atoms with Crippen LogP contribution in [0.25, 0.3) is 0 Å². The van der Waals surface area contributed by atoms with Crippen molar-refractivity contribution in [1.29, 1.82) is 0 Å². The summed E-state index contributed by atoms with van der Waals surface area (Å²) < 4.78 is 6.34. The first-order chi connectivity index (χ1) is 13.4. The average Bonchev–Trinajstić information content (AvgIpc) is 3.17. The maximum atomic E-state index is 12.4. The standard InChI is InChI=1S/C18H24N6O4/c1-13(2)8-15(16(25)10-24-12-20-22-23-24)21-17(26)9-19-18(27)28-11-14-6-4-3-5-7-14/h3-7,12-13,15H,8-11H2,1-2H3,(H,19,27)(H,21,26)/t15-/m0/s1. The van der Waals surface area contributed by atoms with Gasteiger partial charge in [-0.05, 0) is 28.3 Å². The molecule has 0 aliphatic rings. The van der Waals surface area contributed by atoms with Gasteiger partial charge in [-0.1, -0.05) is 44.2 Å². The van der Waals surface area contributed by atoms with Crippen molar-refractivity contribution in [3.05, 3.63) is 42.2 Å². The van der Waals surface area contributed by atoms with Crippen LogP contribution in [-0.4, -0.2) is 50.6 Å². The Hall–Kier alpha value is -3.30. The number of hydrogen-bond donors (Lipinski definition) is 2. The molecule has 0 spiro atoms. The maximum Gasteiger partial charge on any atom is 0.407 e. The Bertz CT molecular complexity index is 764. The molecular weight excluding hydrogens is 364 g/mol. The smallest absolute Gasteiger partial charge is 0.407 e. The van der Waals surface area contributed by atoms with Gasteiger partial charge in [0, 0.05) is 0 Å². The number of rotatable bonds is 10. The molecule has 28 heavy (non-hydrogen) atoms. The van der Waals surface area contributed by atoms with E-state index < -0.39 is 18.0 Å². The molecule has 0 unspecified atom stereocenters. The molecule has 0 saturated carbocycles. The summed E-state index contributed by atoms with van der Waals surface area (Å²) in [7, 11) is 0. The summed E-state index contributed by atoms with van der Waals surface area (Å²) in [6.07, 6.45) is 1.08. The Morgan fingerprint density at radius 1 is 1.18 bits per heavy atom. The Kier molecular flexibility index (Phi) is 8.07. The highest BCUT2D eigenvalue weighted by Gasteiger charge is 2.22. The lowest BCUT2D eigenvalue weighted by Crippen LogP contribution is -2.47. The second-order valence-electron chi connectivity index (χ2n) is 6.64. The fraction of sp³-hybridized carbons (Fsp3) is 0.444. The van der Waals surface area contributed by atoms with Gasteiger partial charge in [0.15, 0.2) is 5.78 Å². The number of ether oxygens (including phenoxy) is 1. The SMILES string of the molecule is CC(C)C[C@H](NC(=O)CNC(=O)OCc1ccccc1)C(=O)Cn1cnnn1. The number of benzene rings is 1. The fourth-order valence-corrected chi connectivity index (χ4v) is 2.44. The van der Waals surface area contributed by atoms with E-state index in [1.54, 1.807) is 0 Å². The Balaban J connectivity index is 1.78. The van der Waals surface area contributed by atoms with E-state index in [9.17, 15) is 14.4 Å². The topological polar surface area (TPSA) is 128 Å². The van der Waals surface area contributed by atoms with Gasteiger partial charge in [0.2, 0.25) is 5.91 Å². The van der Waals surface area contributed by atoms with Gasteiger partial charge in [-0.15, -0.1) is 5.10 Å². The lowest BCUT2D eigenvalue weighted by atomic mass is 10.00. The van der Waals surface area contributed by atoms with Gasteiger partial charge in [0.05, 0.1) is 6.04 Å². The number of carbonyl (C=O) groups is 3. The highest BCUT2D eigenvalue weighted by atomic mass is 16.5. The number of ketones is 1. The number of nitrogens with one attached hydrogen (secondary N) is 2. The van der Waals surface area contributed by atoms with E-state index in [-0.39, 0.29) is 31.4 Å². The van der Waals surface area contributed by atoms with Crippen molar-refractivity contribution in [2.45, 2.75) is 39.5 Å². The van der Waals surface area contributed by atoms with Gasteiger partial charge in [-0.25, -0.2) is 9.48 Å². The molecule has 0 radical (unpaired) electrons. The van der Waals surface area contributed by atoms with E-state index in [1.165, 1.54) is 11.0 Å². The molecule has 0 aliphatic heterocycles. The molecule has 2 aromatic rings. The lowest BCUT2D eigenvalue weighted by Gasteiger charge is -2.19. The summed E-state index contributed by atoms with van der Waals surface area (Å²) in [5.41, 5.74) is 0.840. The molecule has 1 aromatic heterocycles. The number of alkyl carbamates (subject to hydrolysis) is 1. The summed E-state index contributed by atoms with van der Waals surface area (Å²) in [6.45, 7) is 3.66. The number of carbonyl (C=O) groups excluding carboxylic acids is 3. The molecule has 2 N–H and O–H groups in total. The van der Waals surface area contributed by atoms with Gasteiger partial charge in [0.1, 0.15) is 26.0 Å². The second kappa shape index (κ2) is 10.8. The predicted molar refractivity (Wildman–Crippen MR) is 98.8 cm³/mol. The molecule has 1 heterocycles. The zero-order valence-corrected chi connectivity index (χ0v) is 15.9. The van der Waals surface area contributed by atoms with Crippen molar-refractivity contribution in [2.75, 3.05) is 6.54 Å². The van der Waals surface area contributed by atoms with Crippen LogP contribution in [0.3, 0.4) is 0 Å². The molecule has 2 rings (SSSR count). The van der Waals surface area contributed by atoms with Gasteiger partial charge < -0.3 is 15.4 Å². The van der Waals surface area contributed by atoms with Crippen molar-refractivity contribution in [3.8, 4) is 0 Å². The molecule has 0 saturated heterocycles. The van der Waals surface area contributed by atoms with Crippen molar-refractivity contribution in [2.24, 2.45) is 5.92 Å². The summed E-state index contributed by atoms with van der Waals surface area (Å²) in [4.78, 5) is 36.3. The third-order valence-corrected chi connectivity index (χ3v) is 3.75. The minimum atomic E-state index is -0.709. The summed E-state index contributed by atoms with van der Waals surface area (Å²) in [5, 5.41) is 15.6. The van der Waals surface area contributed by atoms with Gasteiger partial charge in [-0.3, -0.25) is 9.59 Å². The third-order valence-electron chi connectivity index (χ3n) is 3.75. The van der Waals surface area contributed by atoms with Crippen LogP contribution in [0.15, 0.2) is 36.7 Å². The number of nitrogens with zero attached hydrogens (tertiary/aromatic N) is 4. The fourth-order valence-electron chi connectivity index (χ4n) is 2.44. The first-order valence-corrected chi connectivity index (χ1v) is 8.91. The molecule has 1 aromatic carbocycles. The van der Waals surface area contributed by atoms with E-state index in [0.717, 1.165) is 5.56 Å². The Morgan fingerprint density at radius 3 is 2.57 bits per heavy atom.